The average molecular weight is 230 g/mol. The molecule has 0 aromatic carbocycles. The van der Waals surface area contributed by atoms with E-state index in [9.17, 15) is 4.79 Å². The first kappa shape index (κ1) is 12.4. The number of hydrogen-bond donors (Lipinski definition) is 1. The SMILES string of the molecule is CCCn1ccn(CCOCCS)c1=O. The highest BCUT2D eigenvalue weighted by molar-refractivity contribution is 7.80. The molecule has 0 saturated carbocycles. The molecule has 0 N–H and O–H groups in total. The summed E-state index contributed by atoms with van der Waals surface area (Å²) in [7, 11) is 0. The van der Waals surface area contributed by atoms with Gasteiger partial charge < -0.3 is 4.74 Å². The quantitative estimate of drug-likeness (QED) is 0.560. The minimum absolute atomic E-state index is 0.0475. The molecule has 1 heterocycles. The van der Waals surface area contributed by atoms with Crippen LogP contribution in [0.2, 0.25) is 0 Å². The van der Waals surface area contributed by atoms with Crippen molar-refractivity contribution in [1.82, 2.24) is 9.13 Å². The highest BCUT2D eigenvalue weighted by atomic mass is 32.1. The summed E-state index contributed by atoms with van der Waals surface area (Å²) in [6.07, 6.45) is 4.60. The summed E-state index contributed by atoms with van der Waals surface area (Å²) in [6, 6.07) is 0. The lowest BCUT2D eigenvalue weighted by Crippen LogP contribution is -2.25. The fraction of sp³-hybridized carbons (Fsp3) is 0.700. The van der Waals surface area contributed by atoms with Crippen LogP contribution in [0.3, 0.4) is 0 Å². The molecule has 0 saturated heterocycles. The molecule has 0 fully saturated rings. The number of rotatable bonds is 7. The maximum atomic E-state index is 11.7. The molecule has 0 aliphatic rings. The lowest BCUT2D eigenvalue weighted by molar-refractivity contribution is 0.140. The van der Waals surface area contributed by atoms with Crippen LogP contribution >= 0.6 is 12.6 Å². The van der Waals surface area contributed by atoms with Gasteiger partial charge >= 0.3 is 5.69 Å². The molecule has 0 unspecified atom stereocenters. The summed E-state index contributed by atoms with van der Waals surface area (Å²) < 4.78 is 8.66. The van der Waals surface area contributed by atoms with Crippen molar-refractivity contribution in [2.24, 2.45) is 0 Å². The molecule has 15 heavy (non-hydrogen) atoms. The van der Waals surface area contributed by atoms with Crippen LogP contribution in [-0.4, -0.2) is 28.1 Å². The molecule has 0 amide bonds. The second-order valence-electron chi connectivity index (χ2n) is 3.30. The fourth-order valence-electron chi connectivity index (χ4n) is 1.36. The van der Waals surface area contributed by atoms with Crippen molar-refractivity contribution >= 4 is 12.6 Å². The molecule has 4 nitrogen and oxygen atoms in total. The molecule has 0 spiro atoms. The first-order chi connectivity index (χ1) is 7.29. The number of aryl methyl sites for hydroxylation is 1. The third kappa shape index (κ3) is 3.76. The Morgan fingerprint density at radius 1 is 1.27 bits per heavy atom. The average Bonchev–Trinajstić information content (AvgIpc) is 2.57. The van der Waals surface area contributed by atoms with Gasteiger partial charge in [0.25, 0.3) is 0 Å². The summed E-state index contributed by atoms with van der Waals surface area (Å²) in [5.41, 5.74) is 0.0475. The minimum atomic E-state index is 0.0475. The first-order valence-electron chi connectivity index (χ1n) is 5.23. The van der Waals surface area contributed by atoms with Gasteiger partial charge in [-0.25, -0.2) is 4.79 Å². The van der Waals surface area contributed by atoms with E-state index in [1.165, 1.54) is 0 Å². The van der Waals surface area contributed by atoms with Gasteiger partial charge in [0.1, 0.15) is 0 Å². The molecule has 0 bridgehead atoms. The molecule has 0 radical (unpaired) electrons. The number of ether oxygens (including phenoxy) is 1. The summed E-state index contributed by atoms with van der Waals surface area (Å²) in [5.74, 6) is 0.714. The van der Waals surface area contributed by atoms with Crippen LogP contribution < -0.4 is 5.69 Å². The first-order valence-corrected chi connectivity index (χ1v) is 5.87. The Hall–Kier alpha value is -0.680. The zero-order chi connectivity index (χ0) is 11.1. The predicted octanol–water partition coefficient (Wildman–Crippen LogP) is 1.01. The van der Waals surface area contributed by atoms with E-state index in [4.69, 9.17) is 4.74 Å². The van der Waals surface area contributed by atoms with Crippen LogP contribution in [0.15, 0.2) is 17.2 Å². The van der Waals surface area contributed by atoms with E-state index < -0.39 is 0 Å². The predicted molar refractivity (Wildman–Crippen MR) is 63.7 cm³/mol. The molecule has 0 aliphatic heterocycles. The normalized spacial score (nSPS) is 10.8. The minimum Gasteiger partial charge on any atom is -0.379 e. The number of thiol groups is 1. The van der Waals surface area contributed by atoms with Gasteiger partial charge in [0.05, 0.1) is 19.8 Å². The van der Waals surface area contributed by atoms with Crippen LogP contribution in [0.25, 0.3) is 0 Å². The van der Waals surface area contributed by atoms with Crippen LogP contribution in [0.1, 0.15) is 13.3 Å². The molecule has 86 valence electrons. The highest BCUT2D eigenvalue weighted by Crippen LogP contribution is 1.89. The Kier molecular flexibility index (Phi) is 5.57. The molecular formula is C10H18N2O2S. The topological polar surface area (TPSA) is 36.2 Å². The Bertz CT molecular complexity index is 332. The largest absolute Gasteiger partial charge is 0.379 e. The van der Waals surface area contributed by atoms with Crippen molar-refractivity contribution in [2.45, 2.75) is 26.4 Å². The third-order valence-electron chi connectivity index (χ3n) is 2.09. The van der Waals surface area contributed by atoms with E-state index in [1.54, 1.807) is 9.13 Å². The smallest absolute Gasteiger partial charge is 0.328 e. The van der Waals surface area contributed by atoms with Gasteiger partial charge in [0, 0.05) is 24.7 Å². The molecule has 1 aromatic rings. The van der Waals surface area contributed by atoms with Gasteiger partial charge in [0.2, 0.25) is 0 Å². The Balaban J connectivity index is 2.44. The zero-order valence-corrected chi connectivity index (χ0v) is 9.95. The summed E-state index contributed by atoms with van der Waals surface area (Å²) in [4.78, 5) is 11.7. The van der Waals surface area contributed by atoms with Crippen LogP contribution in [0, 0.1) is 0 Å². The highest BCUT2D eigenvalue weighted by Gasteiger charge is 2.01. The number of imidazole rings is 1. The van der Waals surface area contributed by atoms with Crippen molar-refractivity contribution in [3.63, 3.8) is 0 Å². The molecule has 1 aromatic heterocycles. The zero-order valence-electron chi connectivity index (χ0n) is 9.06. The molecular weight excluding hydrogens is 212 g/mol. The maximum absolute atomic E-state index is 11.7. The van der Waals surface area contributed by atoms with Gasteiger partial charge in [0.15, 0.2) is 0 Å². The Morgan fingerprint density at radius 2 is 1.93 bits per heavy atom. The van der Waals surface area contributed by atoms with E-state index >= 15 is 0 Å². The van der Waals surface area contributed by atoms with Crippen molar-refractivity contribution < 1.29 is 4.74 Å². The molecule has 1 rings (SSSR count). The standard InChI is InChI=1S/C10H18N2O2S/c1-2-3-11-4-5-12(10(11)13)6-7-14-8-9-15/h4-5,15H,2-3,6-9H2,1H3. The number of nitrogens with zero attached hydrogens (tertiary/aromatic N) is 2. The number of aromatic nitrogens is 2. The fourth-order valence-corrected chi connectivity index (χ4v) is 1.49. The van der Waals surface area contributed by atoms with Crippen LogP contribution in [0.5, 0.6) is 0 Å². The maximum Gasteiger partial charge on any atom is 0.328 e. The molecule has 0 aliphatic carbocycles. The lowest BCUT2D eigenvalue weighted by Gasteiger charge is -2.02. The van der Waals surface area contributed by atoms with Crippen LogP contribution in [-0.2, 0) is 17.8 Å². The lowest BCUT2D eigenvalue weighted by atomic mass is 10.5. The van der Waals surface area contributed by atoms with Gasteiger partial charge in [-0.15, -0.1) is 0 Å². The van der Waals surface area contributed by atoms with Gasteiger partial charge in [-0.3, -0.25) is 9.13 Å². The Labute approximate surface area is 95.3 Å². The second-order valence-corrected chi connectivity index (χ2v) is 3.75. The molecule has 5 heteroatoms. The van der Waals surface area contributed by atoms with Crippen molar-refractivity contribution in [2.75, 3.05) is 19.0 Å². The van der Waals surface area contributed by atoms with Gasteiger partial charge in [-0.05, 0) is 6.42 Å². The third-order valence-corrected chi connectivity index (χ3v) is 2.28. The van der Waals surface area contributed by atoms with E-state index in [-0.39, 0.29) is 5.69 Å². The monoisotopic (exact) mass is 230 g/mol. The molecule has 0 atom stereocenters. The van der Waals surface area contributed by atoms with Crippen LogP contribution in [0.4, 0.5) is 0 Å². The van der Waals surface area contributed by atoms with Crippen molar-refractivity contribution in [1.29, 1.82) is 0 Å². The summed E-state index contributed by atoms with van der Waals surface area (Å²) >= 11 is 4.04. The van der Waals surface area contributed by atoms with Crippen molar-refractivity contribution in [3.8, 4) is 0 Å². The summed E-state index contributed by atoms with van der Waals surface area (Å²) in [6.45, 7) is 4.65. The van der Waals surface area contributed by atoms with E-state index in [0.29, 0.717) is 25.5 Å². The summed E-state index contributed by atoms with van der Waals surface area (Å²) in [5, 5.41) is 0. The van der Waals surface area contributed by atoms with Gasteiger partial charge in [-0.1, -0.05) is 6.92 Å². The van der Waals surface area contributed by atoms with Gasteiger partial charge in [-0.2, -0.15) is 12.6 Å². The van der Waals surface area contributed by atoms with Crippen molar-refractivity contribution in [3.05, 3.63) is 22.9 Å². The van der Waals surface area contributed by atoms with E-state index in [0.717, 1.165) is 13.0 Å². The Morgan fingerprint density at radius 3 is 2.53 bits per heavy atom. The second kappa shape index (κ2) is 6.74. The number of hydrogen-bond acceptors (Lipinski definition) is 3. The van der Waals surface area contributed by atoms with E-state index in [2.05, 4.69) is 19.6 Å². The van der Waals surface area contributed by atoms with E-state index in [1.807, 2.05) is 12.4 Å².